The van der Waals surface area contributed by atoms with Crippen LogP contribution >= 0.6 is 0 Å². The Balaban J connectivity index is 0.680. The summed E-state index contributed by atoms with van der Waals surface area (Å²) < 4.78 is 7.98. The van der Waals surface area contributed by atoms with Gasteiger partial charge in [-0.05, 0) is 111 Å². The Labute approximate surface area is 370 Å². The molecule has 1 atom stereocenters. The fourth-order valence-electron chi connectivity index (χ4n) is 10.3. The van der Waals surface area contributed by atoms with Gasteiger partial charge in [0.25, 0.3) is 11.8 Å². The average Bonchev–Trinajstić information content (AvgIpc) is 3.84. The van der Waals surface area contributed by atoms with E-state index in [1.165, 1.54) is 6.33 Å². The van der Waals surface area contributed by atoms with Crippen LogP contribution in [-0.2, 0) is 9.59 Å². The zero-order valence-electron chi connectivity index (χ0n) is 35.7. The van der Waals surface area contributed by atoms with E-state index >= 15 is 0 Å². The number of piperidine rings is 4. The van der Waals surface area contributed by atoms with Gasteiger partial charge in [-0.3, -0.25) is 29.4 Å². The summed E-state index contributed by atoms with van der Waals surface area (Å²) in [6.07, 6.45) is 9.68. The highest BCUT2D eigenvalue weighted by Gasteiger charge is 2.45. The normalized spacial score (nSPS) is 20.3. The average molecular weight is 865 g/mol. The van der Waals surface area contributed by atoms with Crippen LogP contribution in [-0.4, -0.2) is 109 Å². The van der Waals surface area contributed by atoms with Crippen LogP contribution in [0.15, 0.2) is 79.1 Å². The van der Waals surface area contributed by atoms with Gasteiger partial charge in [-0.25, -0.2) is 19.4 Å². The highest BCUT2D eigenvalue weighted by atomic mass is 16.5. The number of benzene rings is 3. The van der Waals surface area contributed by atoms with Crippen LogP contribution in [0.25, 0.3) is 22.3 Å². The van der Waals surface area contributed by atoms with Crippen LogP contribution in [0, 0.1) is 11.8 Å². The fourth-order valence-corrected chi connectivity index (χ4v) is 10.3. The van der Waals surface area contributed by atoms with Crippen LogP contribution in [0.2, 0.25) is 0 Å². The summed E-state index contributed by atoms with van der Waals surface area (Å²) in [4.78, 5) is 80.6. The van der Waals surface area contributed by atoms with Crippen molar-refractivity contribution in [2.45, 2.75) is 76.3 Å². The lowest BCUT2D eigenvalue weighted by molar-refractivity contribution is -0.136. The number of nitrogen functional groups attached to an aromatic ring is 1. The quantitative estimate of drug-likeness (QED) is 0.155. The molecule has 0 saturated carbocycles. The number of carbonyl (C=O) groups is 5. The van der Waals surface area contributed by atoms with Crippen molar-refractivity contribution in [3.8, 4) is 22.8 Å². The summed E-state index contributed by atoms with van der Waals surface area (Å²) in [6.45, 7) is 4.58. The van der Waals surface area contributed by atoms with Gasteiger partial charge in [-0.2, -0.15) is 5.10 Å². The molecule has 0 aliphatic carbocycles. The highest BCUT2D eigenvalue weighted by Crippen LogP contribution is 2.37. The largest absolute Gasteiger partial charge is 0.457 e. The van der Waals surface area contributed by atoms with Gasteiger partial charge < -0.3 is 25.2 Å². The van der Waals surface area contributed by atoms with Crippen LogP contribution in [0.3, 0.4) is 0 Å². The number of fused-ring (bicyclic) bond motifs is 2. The molecule has 4 fully saturated rings. The highest BCUT2D eigenvalue weighted by molar-refractivity contribution is 6.23. The van der Waals surface area contributed by atoms with E-state index in [-0.39, 0.29) is 30.8 Å². The van der Waals surface area contributed by atoms with Crippen LogP contribution in [0.5, 0.6) is 11.5 Å². The van der Waals surface area contributed by atoms with Crippen molar-refractivity contribution in [2.24, 2.45) is 11.8 Å². The molecule has 0 radical (unpaired) electrons. The standard InChI is InChI=1S/C48H52N10O6/c49-43-41-42(32-8-11-36(12-9-32)64-35-4-2-1-3-5-35)53-58(44(41)51-29-50-43)33-20-26-56(27-21-33)48(63)55-24-18-31(19-25-55)7-6-30-16-22-54(23-17-30)34-10-13-37-38(28-34)47(62)57(46(37)61)39-14-15-40(59)52-45(39)60/h1-5,8-13,28-31,33,39H,6-7,14-27H2,(H2,49,50,51)(H,52,59,60). The second-order valence-corrected chi connectivity index (χ2v) is 17.8. The van der Waals surface area contributed by atoms with E-state index < -0.39 is 23.8 Å². The van der Waals surface area contributed by atoms with Gasteiger partial charge in [0.15, 0.2) is 5.65 Å². The smallest absolute Gasteiger partial charge is 0.320 e. The summed E-state index contributed by atoms with van der Waals surface area (Å²) >= 11 is 0. The molecule has 6 amide bonds. The molecule has 1 unspecified atom stereocenters. The summed E-state index contributed by atoms with van der Waals surface area (Å²) in [5.74, 6) is 1.13. The maximum atomic E-state index is 13.8. The number of para-hydroxylation sites is 1. The fraction of sp³-hybridized carbons (Fsp3) is 0.417. The molecule has 3 N–H and O–H groups in total. The molecule has 0 bridgehead atoms. The predicted octanol–water partition coefficient (Wildman–Crippen LogP) is 6.43. The molecule has 64 heavy (non-hydrogen) atoms. The minimum absolute atomic E-state index is 0.0639. The molecule has 10 rings (SSSR count). The number of hydrogen-bond donors (Lipinski definition) is 2. The van der Waals surface area contributed by atoms with Gasteiger partial charge in [-0.15, -0.1) is 0 Å². The van der Waals surface area contributed by atoms with Gasteiger partial charge in [0, 0.05) is 56.9 Å². The predicted molar refractivity (Wildman–Crippen MR) is 239 cm³/mol. The van der Waals surface area contributed by atoms with Gasteiger partial charge in [0.05, 0.1) is 22.6 Å². The summed E-state index contributed by atoms with van der Waals surface area (Å²) in [5, 5.41) is 8.04. The molecule has 330 valence electrons. The molecule has 0 spiro atoms. The molecule has 5 aliphatic rings. The molecule has 5 aliphatic heterocycles. The van der Waals surface area contributed by atoms with Crippen LogP contribution < -0.4 is 20.7 Å². The van der Waals surface area contributed by atoms with E-state index in [1.807, 2.05) is 75.1 Å². The van der Waals surface area contributed by atoms with E-state index in [2.05, 4.69) is 20.2 Å². The molecule has 16 heteroatoms. The third kappa shape index (κ3) is 8.01. The molecular weight excluding hydrogens is 813 g/mol. The Kier molecular flexibility index (Phi) is 11.2. The van der Waals surface area contributed by atoms with Gasteiger partial charge in [0.2, 0.25) is 11.8 Å². The Hall–Kier alpha value is -6.84. The van der Waals surface area contributed by atoms with Crippen molar-refractivity contribution in [3.05, 3.63) is 90.3 Å². The van der Waals surface area contributed by atoms with E-state index in [4.69, 9.17) is 15.6 Å². The SMILES string of the molecule is Nc1ncnc2c1c(-c1ccc(Oc3ccccc3)cc1)nn2C1CCN(C(=O)N2CCC(CCC3CCN(c4ccc5c(c4)C(=O)N(C4CCC(=O)NC4=O)C5=O)CC3)CC2)CC1. The lowest BCUT2D eigenvalue weighted by atomic mass is 9.85. The third-order valence-corrected chi connectivity index (χ3v) is 14.0. The van der Waals surface area contributed by atoms with Crippen molar-refractivity contribution in [3.63, 3.8) is 0 Å². The minimum Gasteiger partial charge on any atom is -0.457 e. The van der Waals surface area contributed by atoms with Crippen molar-refractivity contribution < 1.29 is 28.7 Å². The maximum absolute atomic E-state index is 13.8. The third-order valence-electron chi connectivity index (χ3n) is 14.0. The monoisotopic (exact) mass is 864 g/mol. The number of nitrogens with zero attached hydrogens (tertiary/aromatic N) is 8. The van der Waals surface area contributed by atoms with Crippen molar-refractivity contribution in [2.75, 3.05) is 49.9 Å². The number of nitrogens with one attached hydrogen (secondary N) is 1. The second kappa shape index (κ2) is 17.4. The number of ether oxygens (including phenoxy) is 1. The number of aromatic nitrogens is 4. The van der Waals surface area contributed by atoms with Crippen molar-refractivity contribution >= 4 is 52.2 Å². The number of rotatable bonds is 9. The maximum Gasteiger partial charge on any atom is 0.320 e. The zero-order chi connectivity index (χ0) is 43.9. The summed E-state index contributed by atoms with van der Waals surface area (Å²) in [6, 6.07) is 22.0. The molecule has 3 aromatic carbocycles. The molecule has 16 nitrogen and oxygen atoms in total. The number of hydrogen-bond acceptors (Lipinski definition) is 11. The first kappa shape index (κ1) is 41.2. The Bertz CT molecular complexity index is 2590. The second-order valence-electron chi connectivity index (χ2n) is 17.8. The van der Waals surface area contributed by atoms with E-state index in [0.29, 0.717) is 47.5 Å². The van der Waals surface area contributed by atoms with Crippen LogP contribution in [0.4, 0.5) is 16.3 Å². The lowest BCUT2D eigenvalue weighted by Gasteiger charge is -2.39. The minimum atomic E-state index is -0.971. The molecule has 4 saturated heterocycles. The first-order valence-corrected chi connectivity index (χ1v) is 22.6. The first-order valence-electron chi connectivity index (χ1n) is 22.6. The topological polar surface area (TPSA) is 189 Å². The van der Waals surface area contributed by atoms with Gasteiger partial charge in [-0.1, -0.05) is 31.0 Å². The van der Waals surface area contributed by atoms with Gasteiger partial charge in [0.1, 0.15) is 35.4 Å². The number of carbonyl (C=O) groups excluding carboxylic acids is 5. The molecule has 5 aromatic rings. The summed E-state index contributed by atoms with van der Waals surface area (Å²) in [7, 11) is 0. The Morgan fingerprint density at radius 2 is 1.36 bits per heavy atom. The number of amides is 6. The van der Waals surface area contributed by atoms with Gasteiger partial charge >= 0.3 is 6.03 Å². The zero-order valence-corrected chi connectivity index (χ0v) is 35.7. The Morgan fingerprint density at radius 3 is 2.05 bits per heavy atom. The first-order chi connectivity index (χ1) is 31.2. The number of urea groups is 1. The Morgan fingerprint density at radius 1 is 0.719 bits per heavy atom. The number of imide groups is 2. The lowest BCUT2D eigenvalue weighted by Crippen LogP contribution is -2.54. The number of likely N-dealkylation sites (tertiary alicyclic amines) is 2. The summed E-state index contributed by atoms with van der Waals surface area (Å²) in [5.41, 5.74) is 10.3. The van der Waals surface area contributed by atoms with E-state index in [9.17, 15) is 24.0 Å². The molecular formula is C48H52N10O6. The van der Waals surface area contributed by atoms with E-state index in [1.54, 1.807) is 12.1 Å². The van der Waals surface area contributed by atoms with Crippen LogP contribution in [0.1, 0.15) is 91.0 Å². The van der Waals surface area contributed by atoms with Crippen molar-refractivity contribution in [1.29, 1.82) is 0 Å². The molecule has 2 aromatic heterocycles. The molecule has 7 heterocycles. The van der Waals surface area contributed by atoms with E-state index in [0.717, 1.165) is 116 Å². The number of nitrogens with two attached hydrogens (primary N) is 1. The number of anilines is 2. The van der Waals surface area contributed by atoms with Crippen molar-refractivity contribution in [1.82, 2.24) is 39.8 Å².